The van der Waals surface area contributed by atoms with Crippen LogP contribution in [0.2, 0.25) is 0 Å². The largest absolute Gasteiger partial charge is 0.354 e. The standard InChI is InChI=1S/C14H27N7.HI/c1-4-7-21-8-5-12(6-9-21)19-14(15-2)16-10-13-17-11-18-20(13)3;/h11-12H,4-10H2,1-3H3,(H2,15,16,19);1H. The van der Waals surface area contributed by atoms with E-state index in [1.807, 2.05) is 7.05 Å². The van der Waals surface area contributed by atoms with Crippen molar-refractivity contribution in [3.63, 3.8) is 0 Å². The van der Waals surface area contributed by atoms with Crippen LogP contribution in [0.25, 0.3) is 0 Å². The molecule has 0 spiro atoms. The van der Waals surface area contributed by atoms with Gasteiger partial charge in [-0.05, 0) is 25.8 Å². The van der Waals surface area contributed by atoms with Crippen molar-refractivity contribution in [3.8, 4) is 0 Å². The van der Waals surface area contributed by atoms with Crippen molar-refractivity contribution >= 4 is 29.9 Å². The highest BCUT2D eigenvalue weighted by Crippen LogP contribution is 2.10. The summed E-state index contributed by atoms with van der Waals surface area (Å²) >= 11 is 0. The smallest absolute Gasteiger partial charge is 0.191 e. The fraction of sp³-hybridized carbons (Fsp3) is 0.786. The summed E-state index contributed by atoms with van der Waals surface area (Å²) in [6.07, 6.45) is 5.14. The lowest BCUT2D eigenvalue weighted by atomic mass is 10.1. The normalized spacial score (nSPS) is 17.1. The summed E-state index contributed by atoms with van der Waals surface area (Å²) in [6.45, 7) is 6.43. The summed E-state index contributed by atoms with van der Waals surface area (Å²) in [5.41, 5.74) is 0. The van der Waals surface area contributed by atoms with Gasteiger partial charge in [-0.15, -0.1) is 24.0 Å². The number of hydrogen-bond acceptors (Lipinski definition) is 4. The van der Waals surface area contributed by atoms with Crippen LogP contribution in [-0.2, 0) is 13.6 Å². The number of nitrogens with zero attached hydrogens (tertiary/aromatic N) is 5. The van der Waals surface area contributed by atoms with E-state index < -0.39 is 0 Å². The molecule has 7 nitrogen and oxygen atoms in total. The van der Waals surface area contributed by atoms with E-state index >= 15 is 0 Å². The molecule has 1 fully saturated rings. The van der Waals surface area contributed by atoms with Gasteiger partial charge in [0, 0.05) is 33.2 Å². The number of aryl methyl sites for hydroxylation is 1. The predicted molar refractivity (Wildman–Crippen MR) is 99.5 cm³/mol. The van der Waals surface area contributed by atoms with E-state index in [2.05, 4.69) is 37.5 Å². The van der Waals surface area contributed by atoms with Crippen molar-refractivity contribution in [2.45, 2.75) is 38.8 Å². The number of hydrogen-bond donors (Lipinski definition) is 2. The summed E-state index contributed by atoms with van der Waals surface area (Å²) in [7, 11) is 3.70. The highest BCUT2D eigenvalue weighted by molar-refractivity contribution is 14.0. The first-order chi connectivity index (χ1) is 10.2. The average Bonchev–Trinajstić information content (AvgIpc) is 2.91. The molecule has 1 aromatic rings. The fourth-order valence-electron chi connectivity index (χ4n) is 2.65. The SMILES string of the molecule is CCCN1CCC(NC(=NC)NCc2ncnn2C)CC1.I. The predicted octanol–water partition coefficient (Wildman–Crippen LogP) is 0.972. The van der Waals surface area contributed by atoms with Crippen LogP contribution in [0, 0.1) is 0 Å². The number of rotatable bonds is 5. The number of piperidine rings is 1. The Morgan fingerprint density at radius 2 is 2.14 bits per heavy atom. The molecule has 0 atom stereocenters. The van der Waals surface area contributed by atoms with Crippen LogP contribution >= 0.6 is 24.0 Å². The Morgan fingerprint density at radius 3 is 2.68 bits per heavy atom. The Labute approximate surface area is 150 Å². The van der Waals surface area contributed by atoms with Crippen LogP contribution in [-0.4, -0.2) is 58.3 Å². The van der Waals surface area contributed by atoms with Gasteiger partial charge in [-0.25, -0.2) is 4.98 Å². The van der Waals surface area contributed by atoms with Crippen molar-refractivity contribution in [1.29, 1.82) is 0 Å². The monoisotopic (exact) mass is 421 g/mol. The first kappa shape index (κ1) is 19.1. The third-order valence-corrected chi connectivity index (χ3v) is 3.91. The second kappa shape index (κ2) is 9.98. The molecule has 0 aliphatic carbocycles. The van der Waals surface area contributed by atoms with E-state index in [4.69, 9.17) is 0 Å². The molecule has 1 aromatic heterocycles. The lowest BCUT2D eigenvalue weighted by molar-refractivity contribution is 0.206. The minimum atomic E-state index is 0. The van der Waals surface area contributed by atoms with Gasteiger partial charge in [0.2, 0.25) is 0 Å². The van der Waals surface area contributed by atoms with Gasteiger partial charge < -0.3 is 15.5 Å². The zero-order valence-electron chi connectivity index (χ0n) is 13.7. The van der Waals surface area contributed by atoms with Crippen molar-refractivity contribution in [2.75, 3.05) is 26.7 Å². The number of likely N-dealkylation sites (tertiary alicyclic amines) is 1. The maximum absolute atomic E-state index is 4.29. The van der Waals surface area contributed by atoms with E-state index in [9.17, 15) is 0 Å². The minimum Gasteiger partial charge on any atom is -0.354 e. The third kappa shape index (κ3) is 5.71. The van der Waals surface area contributed by atoms with E-state index in [0.29, 0.717) is 12.6 Å². The Balaban J connectivity index is 0.00000242. The zero-order valence-corrected chi connectivity index (χ0v) is 16.1. The third-order valence-electron chi connectivity index (χ3n) is 3.91. The van der Waals surface area contributed by atoms with Gasteiger partial charge in [0.05, 0.1) is 6.54 Å². The Bertz CT molecular complexity index is 452. The maximum atomic E-state index is 4.29. The van der Waals surface area contributed by atoms with Gasteiger partial charge in [0.1, 0.15) is 12.2 Å². The molecule has 2 N–H and O–H groups in total. The van der Waals surface area contributed by atoms with Gasteiger partial charge in [0.25, 0.3) is 0 Å². The molecule has 0 saturated carbocycles. The van der Waals surface area contributed by atoms with Crippen molar-refractivity contribution < 1.29 is 0 Å². The average molecular weight is 421 g/mol. The Kier molecular flexibility index (Phi) is 8.69. The van der Waals surface area contributed by atoms with Crippen LogP contribution in [0.1, 0.15) is 32.0 Å². The molecule has 1 aliphatic rings. The molecule has 2 heterocycles. The molecule has 0 amide bonds. The second-order valence-corrected chi connectivity index (χ2v) is 5.49. The Morgan fingerprint density at radius 1 is 1.41 bits per heavy atom. The van der Waals surface area contributed by atoms with Gasteiger partial charge in [0.15, 0.2) is 5.96 Å². The van der Waals surface area contributed by atoms with E-state index in [0.717, 1.165) is 11.8 Å². The van der Waals surface area contributed by atoms with Gasteiger partial charge >= 0.3 is 0 Å². The Hall–Kier alpha value is -0.900. The van der Waals surface area contributed by atoms with Crippen LogP contribution in [0.5, 0.6) is 0 Å². The molecule has 22 heavy (non-hydrogen) atoms. The number of halogens is 1. The molecule has 8 heteroatoms. The quantitative estimate of drug-likeness (QED) is 0.422. The summed E-state index contributed by atoms with van der Waals surface area (Å²) in [4.78, 5) is 11.0. The van der Waals surface area contributed by atoms with E-state index in [1.165, 1.54) is 38.9 Å². The maximum Gasteiger partial charge on any atom is 0.191 e. The molecule has 0 bridgehead atoms. The highest BCUT2D eigenvalue weighted by atomic mass is 127. The fourth-order valence-corrected chi connectivity index (χ4v) is 2.65. The number of aromatic nitrogens is 3. The lowest BCUT2D eigenvalue weighted by Gasteiger charge is -2.32. The topological polar surface area (TPSA) is 70.4 Å². The summed E-state index contributed by atoms with van der Waals surface area (Å²) in [6, 6.07) is 0.504. The molecule has 0 radical (unpaired) electrons. The molecule has 0 unspecified atom stereocenters. The second-order valence-electron chi connectivity index (χ2n) is 5.49. The zero-order chi connectivity index (χ0) is 15.1. The molecule has 0 aromatic carbocycles. The highest BCUT2D eigenvalue weighted by Gasteiger charge is 2.19. The molecular weight excluding hydrogens is 393 g/mol. The van der Waals surface area contributed by atoms with Crippen molar-refractivity contribution in [2.24, 2.45) is 12.0 Å². The minimum absolute atomic E-state index is 0. The van der Waals surface area contributed by atoms with Crippen molar-refractivity contribution in [1.82, 2.24) is 30.3 Å². The summed E-state index contributed by atoms with van der Waals surface area (Å²) in [5.74, 6) is 1.74. The first-order valence-electron chi connectivity index (χ1n) is 7.75. The number of nitrogens with one attached hydrogen (secondary N) is 2. The first-order valence-corrected chi connectivity index (χ1v) is 7.75. The van der Waals surface area contributed by atoms with Crippen molar-refractivity contribution in [3.05, 3.63) is 12.2 Å². The van der Waals surface area contributed by atoms with E-state index in [-0.39, 0.29) is 24.0 Å². The van der Waals surface area contributed by atoms with Crippen LogP contribution in [0.4, 0.5) is 0 Å². The summed E-state index contributed by atoms with van der Waals surface area (Å²) in [5, 5.41) is 10.9. The van der Waals surface area contributed by atoms with Gasteiger partial charge in [-0.2, -0.15) is 5.10 Å². The summed E-state index contributed by atoms with van der Waals surface area (Å²) < 4.78 is 1.77. The number of aliphatic imine (C=N–C) groups is 1. The molecule has 2 rings (SSSR count). The van der Waals surface area contributed by atoms with Gasteiger partial charge in [-0.3, -0.25) is 9.67 Å². The van der Waals surface area contributed by atoms with Crippen LogP contribution in [0.15, 0.2) is 11.3 Å². The van der Waals surface area contributed by atoms with E-state index in [1.54, 1.807) is 18.1 Å². The van der Waals surface area contributed by atoms with Gasteiger partial charge in [-0.1, -0.05) is 6.92 Å². The van der Waals surface area contributed by atoms with Crippen LogP contribution in [0.3, 0.4) is 0 Å². The van der Waals surface area contributed by atoms with Crippen LogP contribution < -0.4 is 10.6 Å². The number of guanidine groups is 1. The molecule has 1 aliphatic heterocycles. The molecular formula is C14H28IN7. The molecule has 1 saturated heterocycles. The lowest BCUT2D eigenvalue weighted by Crippen LogP contribution is -2.48. The molecule has 126 valence electrons.